The molecule has 1 aliphatic rings. The molecule has 0 unspecified atom stereocenters. The molecule has 3 aromatic rings. The molecule has 1 fully saturated rings. The summed E-state index contributed by atoms with van der Waals surface area (Å²) in [6.07, 6.45) is 0. The second kappa shape index (κ2) is 7.82. The number of amides is 3. The molecule has 1 aromatic heterocycles. The van der Waals surface area contributed by atoms with Crippen molar-refractivity contribution in [3.05, 3.63) is 76.8 Å². The fourth-order valence-electron chi connectivity index (χ4n) is 3.13. The maximum atomic E-state index is 12.8. The van der Waals surface area contributed by atoms with Crippen LogP contribution in [0, 0.1) is 6.92 Å². The van der Waals surface area contributed by atoms with Gasteiger partial charge in [-0.1, -0.05) is 59.9 Å². The summed E-state index contributed by atoms with van der Waals surface area (Å²) in [5.74, 6) is -0.170. The number of aryl methyl sites for hydroxylation is 1. The SMILES string of the molecule is Cc1nc(N2CCN(c3ccccc3)C2=O)sc1C(=O)NCc1ccccc1. The second-order valence-electron chi connectivity index (χ2n) is 6.50. The maximum Gasteiger partial charge on any atom is 0.330 e. The fraction of sp³-hybridized carbons (Fsp3) is 0.190. The number of urea groups is 1. The third-order valence-electron chi connectivity index (χ3n) is 4.60. The minimum Gasteiger partial charge on any atom is -0.347 e. The van der Waals surface area contributed by atoms with E-state index in [2.05, 4.69) is 10.3 Å². The maximum absolute atomic E-state index is 12.8. The molecule has 2 aromatic carbocycles. The molecule has 1 N–H and O–H groups in total. The van der Waals surface area contributed by atoms with Crippen molar-refractivity contribution in [2.45, 2.75) is 13.5 Å². The summed E-state index contributed by atoms with van der Waals surface area (Å²) in [6.45, 7) is 3.40. The Balaban J connectivity index is 1.47. The molecule has 4 rings (SSSR count). The molecule has 0 saturated carbocycles. The van der Waals surface area contributed by atoms with E-state index in [0.29, 0.717) is 35.3 Å². The molecule has 142 valence electrons. The van der Waals surface area contributed by atoms with E-state index < -0.39 is 0 Å². The van der Waals surface area contributed by atoms with E-state index in [1.54, 1.807) is 16.7 Å². The van der Waals surface area contributed by atoms with Crippen LogP contribution in [-0.2, 0) is 6.54 Å². The van der Waals surface area contributed by atoms with Crippen molar-refractivity contribution in [3.63, 3.8) is 0 Å². The van der Waals surface area contributed by atoms with Gasteiger partial charge in [-0.3, -0.25) is 14.6 Å². The van der Waals surface area contributed by atoms with Crippen LogP contribution >= 0.6 is 11.3 Å². The third-order valence-corrected chi connectivity index (χ3v) is 5.77. The first-order valence-electron chi connectivity index (χ1n) is 9.07. The van der Waals surface area contributed by atoms with Gasteiger partial charge in [-0.2, -0.15) is 0 Å². The van der Waals surface area contributed by atoms with Gasteiger partial charge in [-0.25, -0.2) is 9.78 Å². The molecule has 3 amide bonds. The number of nitrogens with one attached hydrogen (secondary N) is 1. The molecule has 0 bridgehead atoms. The molecule has 1 aliphatic heterocycles. The highest BCUT2D eigenvalue weighted by Gasteiger charge is 2.33. The predicted molar refractivity (Wildman–Crippen MR) is 111 cm³/mol. The quantitative estimate of drug-likeness (QED) is 0.718. The third kappa shape index (κ3) is 3.61. The largest absolute Gasteiger partial charge is 0.347 e. The number of para-hydroxylation sites is 1. The van der Waals surface area contributed by atoms with Crippen LogP contribution in [-0.4, -0.2) is 30.0 Å². The number of hydrogen-bond acceptors (Lipinski definition) is 4. The molecule has 0 aliphatic carbocycles. The Morgan fingerprint density at radius 3 is 2.39 bits per heavy atom. The van der Waals surface area contributed by atoms with Gasteiger partial charge in [0, 0.05) is 25.3 Å². The molecular weight excluding hydrogens is 372 g/mol. The lowest BCUT2D eigenvalue weighted by atomic mass is 10.2. The average molecular weight is 392 g/mol. The summed E-state index contributed by atoms with van der Waals surface area (Å²) in [5.41, 5.74) is 2.53. The Morgan fingerprint density at radius 2 is 1.68 bits per heavy atom. The van der Waals surface area contributed by atoms with Crippen molar-refractivity contribution in [1.82, 2.24) is 10.3 Å². The zero-order chi connectivity index (χ0) is 19.5. The lowest BCUT2D eigenvalue weighted by Crippen LogP contribution is -2.31. The lowest BCUT2D eigenvalue weighted by molar-refractivity contribution is 0.0954. The first kappa shape index (κ1) is 18.2. The smallest absolute Gasteiger partial charge is 0.330 e. The molecule has 6 nitrogen and oxygen atoms in total. The summed E-state index contributed by atoms with van der Waals surface area (Å²) in [5, 5.41) is 3.48. The van der Waals surface area contributed by atoms with E-state index in [0.717, 1.165) is 11.3 Å². The summed E-state index contributed by atoms with van der Waals surface area (Å²) in [7, 11) is 0. The van der Waals surface area contributed by atoms with Crippen LogP contribution in [0.3, 0.4) is 0 Å². The number of benzene rings is 2. The van der Waals surface area contributed by atoms with Gasteiger partial charge in [0.2, 0.25) is 0 Å². The molecular formula is C21H20N4O2S. The minimum absolute atomic E-state index is 0.115. The number of hydrogen-bond donors (Lipinski definition) is 1. The Labute approximate surface area is 167 Å². The summed E-state index contributed by atoms with van der Waals surface area (Å²) >= 11 is 1.26. The van der Waals surface area contributed by atoms with Crippen LogP contribution < -0.4 is 15.1 Å². The average Bonchev–Trinajstić information content (AvgIpc) is 3.30. The molecule has 0 radical (unpaired) electrons. The fourth-order valence-corrected chi connectivity index (χ4v) is 4.13. The first-order chi connectivity index (χ1) is 13.6. The van der Waals surface area contributed by atoms with E-state index in [-0.39, 0.29) is 11.9 Å². The van der Waals surface area contributed by atoms with Crippen LogP contribution in [0.15, 0.2) is 60.7 Å². The van der Waals surface area contributed by atoms with Crippen LogP contribution in [0.2, 0.25) is 0 Å². The minimum atomic E-state index is -0.170. The number of carbonyl (C=O) groups is 2. The Bertz CT molecular complexity index is 988. The van der Waals surface area contributed by atoms with Crippen molar-refractivity contribution < 1.29 is 9.59 Å². The van der Waals surface area contributed by atoms with Crippen LogP contribution in [0.25, 0.3) is 0 Å². The number of carbonyl (C=O) groups excluding carboxylic acids is 2. The van der Waals surface area contributed by atoms with Crippen molar-refractivity contribution >= 4 is 34.1 Å². The predicted octanol–water partition coefficient (Wildman–Crippen LogP) is 3.83. The molecule has 0 atom stereocenters. The van der Waals surface area contributed by atoms with Crippen LogP contribution in [0.5, 0.6) is 0 Å². The highest BCUT2D eigenvalue weighted by Crippen LogP contribution is 2.30. The van der Waals surface area contributed by atoms with Gasteiger partial charge in [0.1, 0.15) is 4.88 Å². The van der Waals surface area contributed by atoms with Crippen molar-refractivity contribution in [1.29, 1.82) is 0 Å². The summed E-state index contributed by atoms with van der Waals surface area (Å²) in [4.78, 5) is 33.8. The van der Waals surface area contributed by atoms with Gasteiger partial charge in [-0.15, -0.1) is 0 Å². The zero-order valence-electron chi connectivity index (χ0n) is 15.5. The normalized spacial score (nSPS) is 13.8. The van der Waals surface area contributed by atoms with Gasteiger partial charge in [0.25, 0.3) is 5.91 Å². The van der Waals surface area contributed by atoms with Crippen molar-refractivity contribution in [2.75, 3.05) is 22.9 Å². The molecule has 2 heterocycles. The molecule has 7 heteroatoms. The number of nitrogens with zero attached hydrogens (tertiary/aromatic N) is 3. The lowest BCUT2D eigenvalue weighted by Gasteiger charge is -2.16. The number of anilines is 2. The molecule has 0 spiro atoms. The highest BCUT2D eigenvalue weighted by molar-refractivity contribution is 7.17. The second-order valence-corrected chi connectivity index (χ2v) is 7.48. The van der Waals surface area contributed by atoms with Gasteiger partial charge < -0.3 is 5.32 Å². The highest BCUT2D eigenvalue weighted by atomic mass is 32.1. The van der Waals surface area contributed by atoms with Gasteiger partial charge in [0.05, 0.1) is 5.69 Å². The van der Waals surface area contributed by atoms with Crippen LogP contribution in [0.4, 0.5) is 15.6 Å². The van der Waals surface area contributed by atoms with Crippen molar-refractivity contribution in [2.24, 2.45) is 0 Å². The molecule has 1 saturated heterocycles. The summed E-state index contributed by atoms with van der Waals surface area (Å²) < 4.78 is 0. The topological polar surface area (TPSA) is 65.5 Å². The summed E-state index contributed by atoms with van der Waals surface area (Å²) in [6, 6.07) is 19.2. The van der Waals surface area contributed by atoms with Gasteiger partial charge >= 0.3 is 6.03 Å². The number of thiazole rings is 1. The van der Waals surface area contributed by atoms with E-state index in [1.807, 2.05) is 60.7 Å². The van der Waals surface area contributed by atoms with Crippen molar-refractivity contribution in [3.8, 4) is 0 Å². The number of rotatable bonds is 5. The zero-order valence-corrected chi connectivity index (χ0v) is 16.3. The van der Waals surface area contributed by atoms with Gasteiger partial charge in [0.15, 0.2) is 5.13 Å². The van der Waals surface area contributed by atoms with E-state index in [4.69, 9.17) is 0 Å². The van der Waals surface area contributed by atoms with Gasteiger partial charge in [-0.05, 0) is 24.6 Å². The van der Waals surface area contributed by atoms with E-state index in [9.17, 15) is 9.59 Å². The standard InChI is InChI=1S/C21H20N4O2S/c1-15-18(19(26)22-14-16-8-4-2-5-9-16)28-20(23-15)25-13-12-24(21(25)27)17-10-6-3-7-11-17/h2-11H,12-14H2,1H3,(H,22,26). The van der Waals surface area contributed by atoms with Crippen LogP contribution in [0.1, 0.15) is 20.9 Å². The van der Waals surface area contributed by atoms with E-state index in [1.165, 1.54) is 11.3 Å². The number of aromatic nitrogens is 1. The Kier molecular flexibility index (Phi) is 5.08. The van der Waals surface area contributed by atoms with E-state index >= 15 is 0 Å². The first-order valence-corrected chi connectivity index (χ1v) is 9.89. The Hall–Kier alpha value is -3.19. The monoisotopic (exact) mass is 392 g/mol. The molecule has 28 heavy (non-hydrogen) atoms. The Morgan fingerprint density at radius 1 is 1.04 bits per heavy atom.